The van der Waals surface area contributed by atoms with Gasteiger partial charge in [0.05, 0.1) is 24.3 Å². The number of aliphatic hydroxyl groups excluding tert-OH is 1. The summed E-state index contributed by atoms with van der Waals surface area (Å²) in [6.07, 6.45) is 6.68. The average Bonchev–Trinajstić information content (AvgIpc) is 2.98. The summed E-state index contributed by atoms with van der Waals surface area (Å²) in [5.41, 5.74) is 4.71. The number of piperidine rings is 1. The van der Waals surface area contributed by atoms with E-state index < -0.39 is 0 Å². The van der Waals surface area contributed by atoms with E-state index in [1.54, 1.807) is 0 Å². The van der Waals surface area contributed by atoms with E-state index in [2.05, 4.69) is 53.7 Å². The number of likely N-dealkylation sites (tertiary alicyclic amines) is 1. The Morgan fingerprint density at radius 1 is 1.28 bits per heavy atom. The number of allylic oxidation sites excluding steroid dienone is 1. The highest BCUT2D eigenvalue weighted by molar-refractivity contribution is 5.70. The van der Waals surface area contributed by atoms with E-state index in [0.29, 0.717) is 5.92 Å². The topological polar surface area (TPSA) is 41.3 Å². The summed E-state index contributed by atoms with van der Waals surface area (Å²) in [5.74, 6) is 0.613. The number of hydrogen-bond acceptors (Lipinski definition) is 3. The molecule has 1 aliphatic heterocycles. The molecule has 4 nitrogen and oxygen atoms in total. The van der Waals surface area contributed by atoms with Crippen LogP contribution in [0.2, 0.25) is 0 Å². The van der Waals surface area contributed by atoms with Crippen LogP contribution in [0.4, 0.5) is 0 Å². The molecule has 1 aromatic carbocycles. The Hall–Kier alpha value is -1.91. The number of aromatic nitrogens is 2. The van der Waals surface area contributed by atoms with Gasteiger partial charge in [-0.2, -0.15) is 0 Å². The molecular weight excluding hydrogens is 310 g/mol. The van der Waals surface area contributed by atoms with Crippen molar-refractivity contribution in [3.8, 4) is 11.3 Å². The van der Waals surface area contributed by atoms with E-state index in [1.807, 2.05) is 12.4 Å². The molecule has 134 valence electrons. The van der Waals surface area contributed by atoms with Gasteiger partial charge in [-0.1, -0.05) is 35.9 Å². The van der Waals surface area contributed by atoms with E-state index in [4.69, 9.17) is 4.98 Å². The van der Waals surface area contributed by atoms with Crippen LogP contribution in [0, 0.1) is 5.92 Å². The lowest BCUT2D eigenvalue weighted by Gasteiger charge is -2.32. The second kappa shape index (κ2) is 8.45. The van der Waals surface area contributed by atoms with Gasteiger partial charge in [-0.05, 0) is 45.2 Å². The summed E-state index contributed by atoms with van der Waals surface area (Å²) in [6, 6.07) is 10.4. The highest BCUT2D eigenvalue weighted by Crippen LogP contribution is 2.26. The van der Waals surface area contributed by atoms with Gasteiger partial charge in [-0.25, -0.2) is 4.98 Å². The average molecular weight is 339 g/mol. The minimum atomic E-state index is 0.249. The second-order valence-corrected chi connectivity index (χ2v) is 7.25. The minimum absolute atomic E-state index is 0.249. The second-order valence-electron chi connectivity index (χ2n) is 7.25. The summed E-state index contributed by atoms with van der Waals surface area (Å²) >= 11 is 0. The van der Waals surface area contributed by atoms with Crippen LogP contribution < -0.4 is 0 Å². The van der Waals surface area contributed by atoms with Crippen molar-refractivity contribution in [1.29, 1.82) is 0 Å². The van der Waals surface area contributed by atoms with Gasteiger partial charge < -0.3 is 14.6 Å². The Morgan fingerprint density at radius 3 is 2.80 bits per heavy atom. The van der Waals surface area contributed by atoms with Crippen LogP contribution >= 0.6 is 0 Å². The zero-order chi connectivity index (χ0) is 17.6. The molecule has 1 N–H and O–H groups in total. The van der Waals surface area contributed by atoms with Crippen LogP contribution in [-0.4, -0.2) is 45.8 Å². The largest absolute Gasteiger partial charge is 0.395 e. The third-order valence-electron chi connectivity index (χ3n) is 4.83. The molecule has 1 aliphatic rings. The molecule has 4 heteroatoms. The van der Waals surface area contributed by atoms with Crippen LogP contribution in [0.5, 0.6) is 0 Å². The first-order chi connectivity index (χ1) is 12.2. The van der Waals surface area contributed by atoms with E-state index >= 15 is 0 Å². The first-order valence-corrected chi connectivity index (χ1v) is 9.26. The van der Waals surface area contributed by atoms with Gasteiger partial charge in [-0.15, -0.1) is 0 Å². The van der Waals surface area contributed by atoms with Gasteiger partial charge in [0, 0.05) is 25.2 Å². The molecule has 2 aromatic rings. The third kappa shape index (κ3) is 4.59. The maximum atomic E-state index is 9.20. The number of β-amino-alcohol motifs (C(OH)–C–C–N with tert-alkyl or cyclic N) is 1. The molecule has 0 radical (unpaired) electrons. The molecule has 25 heavy (non-hydrogen) atoms. The van der Waals surface area contributed by atoms with Gasteiger partial charge in [0.2, 0.25) is 0 Å². The van der Waals surface area contributed by atoms with Crippen molar-refractivity contribution in [2.24, 2.45) is 5.92 Å². The SMILES string of the molecule is CC(C)=Cc1c(-c2ccccc2)ncn1C[C@H]1CCCN(CCO)C1. The van der Waals surface area contributed by atoms with Crippen molar-refractivity contribution in [1.82, 2.24) is 14.5 Å². The Balaban J connectivity index is 1.84. The monoisotopic (exact) mass is 339 g/mol. The maximum absolute atomic E-state index is 9.20. The number of rotatable bonds is 6. The molecule has 0 saturated carbocycles. The molecule has 2 heterocycles. The van der Waals surface area contributed by atoms with Crippen molar-refractivity contribution in [2.45, 2.75) is 33.2 Å². The van der Waals surface area contributed by atoms with Crippen molar-refractivity contribution >= 4 is 6.08 Å². The van der Waals surface area contributed by atoms with Crippen LogP contribution in [-0.2, 0) is 6.54 Å². The van der Waals surface area contributed by atoms with Gasteiger partial charge in [0.15, 0.2) is 0 Å². The molecule has 0 aliphatic carbocycles. The number of benzene rings is 1. The Morgan fingerprint density at radius 2 is 2.08 bits per heavy atom. The highest BCUT2D eigenvalue weighted by Gasteiger charge is 2.21. The van der Waals surface area contributed by atoms with E-state index in [1.165, 1.54) is 29.7 Å². The lowest BCUT2D eigenvalue weighted by atomic mass is 9.97. The normalized spacial score (nSPS) is 18.3. The van der Waals surface area contributed by atoms with Crippen molar-refractivity contribution in [3.63, 3.8) is 0 Å². The Bertz CT molecular complexity index is 699. The summed E-state index contributed by atoms with van der Waals surface area (Å²) in [4.78, 5) is 7.10. The number of aliphatic hydroxyl groups is 1. The van der Waals surface area contributed by atoms with Gasteiger partial charge >= 0.3 is 0 Å². The van der Waals surface area contributed by atoms with E-state index in [-0.39, 0.29) is 6.61 Å². The lowest BCUT2D eigenvalue weighted by Crippen LogP contribution is -2.38. The molecule has 1 aromatic heterocycles. The molecule has 0 spiro atoms. The fourth-order valence-electron chi connectivity index (χ4n) is 3.70. The fourth-order valence-corrected chi connectivity index (χ4v) is 3.70. The summed E-state index contributed by atoms with van der Waals surface area (Å²) in [5, 5.41) is 9.20. The van der Waals surface area contributed by atoms with Crippen molar-refractivity contribution in [3.05, 3.63) is 47.9 Å². The number of nitrogens with zero attached hydrogens (tertiary/aromatic N) is 3. The number of imidazole rings is 1. The van der Waals surface area contributed by atoms with Crippen LogP contribution in [0.25, 0.3) is 17.3 Å². The van der Waals surface area contributed by atoms with Crippen molar-refractivity contribution in [2.75, 3.05) is 26.2 Å². The molecule has 1 saturated heterocycles. The molecule has 0 unspecified atom stereocenters. The molecular formula is C21H29N3O. The summed E-state index contributed by atoms with van der Waals surface area (Å²) in [7, 11) is 0. The van der Waals surface area contributed by atoms with Crippen LogP contribution in [0.1, 0.15) is 32.4 Å². The molecule has 1 atom stereocenters. The van der Waals surface area contributed by atoms with Crippen LogP contribution in [0.15, 0.2) is 42.2 Å². The Labute approximate surface area is 150 Å². The van der Waals surface area contributed by atoms with Gasteiger partial charge in [-0.3, -0.25) is 0 Å². The number of hydrogen-bond donors (Lipinski definition) is 1. The van der Waals surface area contributed by atoms with E-state index in [0.717, 1.165) is 31.9 Å². The summed E-state index contributed by atoms with van der Waals surface area (Å²) < 4.78 is 2.31. The minimum Gasteiger partial charge on any atom is -0.395 e. The first kappa shape index (κ1) is 17.9. The fraction of sp³-hybridized carbons (Fsp3) is 0.476. The smallest absolute Gasteiger partial charge is 0.0958 e. The maximum Gasteiger partial charge on any atom is 0.0958 e. The molecule has 1 fully saturated rings. The Kier molecular flexibility index (Phi) is 6.05. The van der Waals surface area contributed by atoms with E-state index in [9.17, 15) is 5.11 Å². The first-order valence-electron chi connectivity index (χ1n) is 9.26. The molecule has 0 amide bonds. The lowest BCUT2D eigenvalue weighted by molar-refractivity contribution is 0.132. The van der Waals surface area contributed by atoms with Gasteiger partial charge in [0.1, 0.15) is 0 Å². The predicted octanol–water partition coefficient (Wildman–Crippen LogP) is 3.68. The highest BCUT2D eigenvalue weighted by atomic mass is 16.3. The molecule has 0 bridgehead atoms. The quantitative estimate of drug-likeness (QED) is 0.873. The van der Waals surface area contributed by atoms with Gasteiger partial charge in [0.25, 0.3) is 0 Å². The summed E-state index contributed by atoms with van der Waals surface area (Å²) in [6.45, 7) is 8.46. The van der Waals surface area contributed by atoms with Crippen molar-refractivity contribution < 1.29 is 5.11 Å². The predicted molar refractivity (Wildman–Crippen MR) is 103 cm³/mol. The zero-order valence-corrected chi connectivity index (χ0v) is 15.4. The third-order valence-corrected chi connectivity index (χ3v) is 4.83. The zero-order valence-electron chi connectivity index (χ0n) is 15.4. The molecule has 3 rings (SSSR count). The van der Waals surface area contributed by atoms with Crippen LogP contribution in [0.3, 0.4) is 0 Å². The standard InChI is InChI=1S/C21H29N3O/c1-17(2)13-20-21(19-8-4-3-5-9-19)22-16-24(20)15-18-7-6-10-23(14-18)11-12-25/h3-5,8-9,13,16,18,25H,6-7,10-12,14-15H2,1-2H3/t18-/m0/s1.